The average molecular weight is 480 g/mol. The van der Waals surface area contributed by atoms with Crippen LogP contribution in [0.25, 0.3) is 0 Å². The number of ether oxygens (including phenoxy) is 1. The van der Waals surface area contributed by atoms with Crippen molar-refractivity contribution in [3.05, 3.63) is 90.0 Å². The van der Waals surface area contributed by atoms with Crippen molar-refractivity contribution < 1.29 is 17.9 Å². The number of rotatable bonds is 8. The van der Waals surface area contributed by atoms with Crippen molar-refractivity contribution >= 4 is 21.6 Å². The van der Waals surface area contributed by atoms with Crippen LogP contribution in [0.5, 0.6) is 5.75 Å². The summed E-state index contributed by atoms with van der Waals surface area (Å²) >= 11 is 0. The molecule has 34 heavy (non-hydrogen) atoms. The molecule has 4 rings (SSSR count). The van der Waals surface area contributed by atoms with Gasteiger partial charge < -0.3 is 10.1 Å². The zero-order valence-corrected chi connectivity index (χ0v) is 20.0. The minimum Gasteiger partial charge on any atom is -0.494 e. The first-order chi connectivity index (χ1) is 16.5. The largest absolute Gasteiger partial charge is 0.494 e. The minimum absolute atomic E-state index is 0.147. The maximum Gasteiger partial charge on any atom is 0.255 e. The van der Waals surface area contributed by atoms with Gasteiger partial charge in [-0.15, -0.1) is 0 Å². The van der Waals surface area contributed by atoms with Gasteiger partial charge in [-0.2, -0.15) is 4.31 Å². The summed E-state index contributed by atoms with van der Waals surface area (Å²) in [6, 6.07) is 23.5. The summed E-state index contributed by atoms with van der Waals surface area (Å²) < 4.78 is 32.9. The van der Waals surface area contributed by atoms with Crippen molar-refractivity contribution in [2.45, 2.75) is 18.4 Å². The van der Waals surface area contributed by atoms with E-state index in [1.54, 1.807) is 24.3 Å². The monoisotopic (exact) mass is 479 g/mol. The van der Waals surface area contributed by atoms with Crippen molar-refractivity contribution in [2.24, 2.45) is 0 Å². The number of anilines is 1. The van der Waals surface area contributed by atoms with Gasteiger partial charge in [0.25, 0.3) is 5.91 Å². The van der Waals surface area contributed by atoms with Crippen LogP contribution in [0.4, 0.5) is 5.69 Å². The Morgan fingerprint density at radius 2 is 1.53 bits per heavy atom. The lowest BCUT2D eigenvalue weighted by molar-refractivity contribution is 0.102. The number of piperazine rings is 1. The number of benzene rings is 3. The van der Waals surface area contributed by atoms with Crippen molar-refractivity contribution in [2.75, 3.05) is 38.1 Å². The maximum absolute atomic E-state index is 13.0. The van der Waals surface area contributed by atoms with E-state index in [4.69, 9.17) is 4.74 Å². The molecule has 3 aromatic carbocycles. The molecule has 1 fully saturated rings. The number of hydrogen-bond donors (Lipinski definition) is 1. The molecule has 1 aliphatic heterocycles. The lowest BCUT2D eigenvalue weighted by Crippen LogP contribution is -2.48. The SMILES string of the molecule is CCOc1ccc(S(=O)(=O)N2CCN(Cc3ccc(C(=O)Nc4ccccc4)cc3)CC2)cc1. The van der Waals surface area contributed by atoms with E-state index in [9.17, 15) is 13.2 Å². The Kier molecular flexibility index (Phi) is 7.62. The van der Waals surface area contributed by atoms with Gasteiger partial charge in [0.2, 0.25) is 10.0 Å². The quantitative estimate of drug-likeness (QED) is 0.531. The molecule has 1 N–H and O–H groups in total. The van der Waals surface area contributed by atoms with E-state index in [-0.39, 0.29) is 10.8 Å². The molecule has 0 saturated carbocycles. The Bertz CT molecular complexity index is 1190. The number of carbonyl (C=O) groups excluding carboxylic acids is 1. The van der Waals surface area contributed by atoms with Crippen molar-refractivity contribution in [1.82, 2.24) is 9.21 Å². The fourth-order valence-corrected chi connectivity index (χ4v) is 5.32. The number of hydrogen-bond acceptors (Lipinski definition) is 5. The molecule has 8 heteroatoms. The van der Waals surface area contributed by atoms with Crippen molar-refractivity contribution in [1.29, 1.82) is 0 Å². The van der Waals surface area contributed by atoms with E-state index >= 15 is 0 Å². The molecule has 1 amide bonds. The third-order valence-electron chi connectivity index (χ3n) is 5.76. The summed E-state index contributed by atoms with van der Waals surface area (Å²) in [5, 5.41) is 2.88. The molecule has 0 spiro atoms. The molecular formula is C26H29N3O4S. The molecule has 0 bridgehead atoms. The topological polar surface area (TPSA) is 79.0 Å². The highest BCUT2D eigenvalue weighted by Crippen LogP contribution is 2.21. The number of para-hydroxylation sites is 1. The molecule has 3 aromatic rings. The van der Waals surface area contributed by atoms with E-state index in [1.807, 2.05) is 61.5 Å². The highest BCUT2D eigenvalue weighted by Gasteiger charge is 2.28. The van der Waals surface area contributed by atoms with Crippen molar-refractivity contribution in [3.8, 4) is 5.75 Å². The second-order valence-corrected chi connectivity index (χ2v) is 10.0. The number of sulfonamides is 1. The van der Waals surface area contributed by atoms with Crippen LogP contribution in [0.1, 0.15) is 22.8 Å². The summed E-state index contributed by atoms with van der Waals surface area (Å²) in [6.07, 6.45) is 0. The highest BCUT2D eigenvalue weighted by atomic mass is 32.2. The fraction of sp³-hybridized carbons (Fsp3) is 0.269. The molecule has 0 atom stereocenters. The van der Waals surface area contributed by atoms with E-state index in [0.717, 1.165) is 11.3 Å². The predicted octanol–water partition coefficient (Wildman–Crippen LogP) is 3.84. The van der Waals surface area contributed by atoms with Gasteiger partial charge in [-0.05, 0) is 61.0 Å². The summed E-state index contributed by atoms with van der Waals surface area (Å²) in [5.74, 6) is 0.515. The Balaban J connectivity index is 1.30. The second kappa shape index (κ2) is 10.8. The van der Waals surface area contributed by atoms with Gasteiger partial charge in [-0.1, -0.05) is 30.3 Å². The second-order valence-electron chi connectivity index (χ2n) is 8.10. The average Bonchev–Trinajstić information content (AvgIpc) is 2.86. The van der Waals surface area contributed by atoms with Gasteiger partial charge in [0.05, 0.1) is 11.5 Å². The van der Waals surface area contributed by atoms with E-state index < -0.39 is 10.0 Å². The van der Waals surface area contributed by atoms with Gasteiger partial charge in [-0.3, -0.25) is 9.69 Å². The molecule has 1 aliphatic rings. The van der Waals surface area contributed by atoms with Crippen LogP contribution >= 0.6 is 0 Å². The number of nitrogens with one attached hydrogen (secondary N) is 1. The smallest absolute Gasteiger partial charge is 0.255 e. The zero-order valence-electron chi connectivity index (χ0n) is 19.2. The third-order valence-corrected chi connectivity index (χ3v) is 7.67. The normalized spacial score (nSPS) is 15.1. The van der Waals surface area contributed by atoms with Gasteiger partial charge in [0.15, 0.2) is 0 Å². The molecule has 0 aliphatic carbocycles. The lowest BCUT2D eigenvalue weighted by Gasteiger charge is -2.34. The highest BCUT2D eigenvalue weighted by molar-refractivity contribution is 7.89. The zero-order chi connectivity index (χ0) is 24.0. The number of amides is 1. The number of carbonyl (C=O) groups is 1. The van der Waals surface area contributed by atoms with Gasteiger partial charge in [0.1, 0.15) is 5.75 Å². The Hall–Kier alpha value is -3.20. The van der Waals surface area contributed by atoms with E-state index in [2.05, 4.69) is 10.2 Å². The Morgan fingerprint density at radius 1 is 0.882 bits per heavy atom. The predicted molar refractivity (Wildman–Crippen MR) is 132 cm³/mol. The van der Waals surface area contributed by atoms with Crippen LogP contribution in [0.2, 0.25) is 0 Å². The lowest BCUT2D eigenvalue weighted by atomic mass is 10.1. The van der Waals surface area contributed by atoms with Crippen LogP contribution in [0.15, 0.2) is 83.8 Å². The molecule has 1 saturated heterocycles. The summed E-state index contributed by atoms with van der Waals surface area (Å²) in [4.78, 5) is 14.9. The first-order valence-electron chi connectivity index (χ1n) is 11.4. The van der Waals surface area contributed by atoms with E-state index in [0.29, 0.717) is 50.6 Å². The van der Waals surface area contributed by atoms with Crippen LogP contribution in [-0.4, -0.2) is 56.3 Å². The Labute approximate surface area is 201 Å². The fourth-order valence-electron chi connectivity index (χ4n) is 3.90. The van der Waals surface area contributed by atoms with Gasteiger partial charge in [0, 0.05) is 44.0 Å². The first kappa shape index (κ1) is 23.9. The molecule has 0 unspecified atom stereocenters. The Morgan fingerprint density at radius 3 is 2.15 bits per heavy atom. The van der Waals surface area contributed by atoms with Gasteiger partial charge in [-0.25, -0.2) is 8.42 Å². The van der Waals surface area contributed by atoms with E-state index in [1.165, 1.54) is 4.31 Å². The summed E-state index contributed by atoms with van der Waals surface area (Å²) in [5.41, 5.74) is 2.44. The van der Waals surface area contributed by atoms with Crippen LogP contribution < -0.4 is 10.1 Å². The molecule has 1 heterocycles. The van der Waals surface area contributed by atoms with Crippen LogP contribution in [-0.2, 0) is 16.6 Å². The van der Waals surface area contributed by atoms with Gasteiger partial charge >= 0.3 is 0 Å². The summed E-state index contributed by atoms with van der Waals surface area (Å²) in [7, 11) is -3.52. The molecule has 7 nitrogen and oxygen atoms in total. The maximum atomic E-state index is 13.0. The summed E-state index contributed by atoms with van der Waals surface area (Å²) in [6.45, 7) is 5.30. The number of nitrogens with zero attached hydrogens (tertiary/aromatic N) is 2. The molecule has 0 radical (unpaired) electrons. The standard InChI is InChI=1S/C26H29N3O4S/c1-2-33-24-12-14-25(15-13-24)34(31,32)29-18-16-28(17-19-29)20-21-8-10-22(11-9-21)26(30)27-23-6-4-3-5-7-23/h3-15H,2,16-20H2,1H3,(H,27,30). The molecule has 178 valence electrons. The molecular weight excluding hydrogens is 450 g/mol. The van der Waals surface area contributed by atoms with Crippen LogP contribution in [0, 0.1) is 0 Å². The van der Waals surface area contributed by atoms with Crippen molar-refractivity contribution in [3.63, 3.8) is 0 Å². The van der Waals surface area contributed by atoms with Crippen LogP contribution in [0.3, 0.4) is 0 Å². The molecule has 0 aromatic heterocycles. The first-order valence-corrected chi connectivity index (χ1v) is 12.8. The minimum atomic E-state index is -3.52. The third kappa shape index (κ3) is 5.83.